The van der Waals surface area contributed by atoms with E-state index in [1.54, 1.807) is 24.3 Å². The van der Waals surface area contributed by atoms with Crippen LogP contribution < -0.4 is 5.32 Å². The van der Waals surface area contributed by atoms with E-state index in [9.17, 15) is 14.4 Å². The molecule has 0 saturated carbocycles. The van der Waals surface area contributed by atoms with Gasteiger partial charge in [-0.15, -0.1) is 0 Å². The molecule has 2 aromatic rings. The fraction of sp³-hybridized carbons (Fsp3) is 0.286. The van der Waals surface area contributed by atoms with Crippen molar-refractivity contribution in [3.8, 4) is 0 Å². The van der Waals surface area contributed by atoms with Crippen molar-refractivity contribution in [2.24, 2.45) is 0 Å². The quantitative estimate of drug-likeness (QED) is 0.846. The summed E-state index contributed by atoms with van der Waals surface area (Å²) >= 11 is 0. The van der Waals surface area contributed by atoms with Crippen molar-refractivity contribution in [2.45, 2.75) is 38.6 Å². The second kappa shape index (κ2) is 6.87. The number of cyclic esters (lactones) is 1. The SMILES string of the molecule is Cc1ccc(CNC(=O)[C@@H]2CCC(=O)N2C2OC(=O)c3ccccc32)cc1. The fourth-order valence-electron chi connectivity index (χ4n) is 3.60. The first kappa shape index (κ1) is 17.3. The van der Waals surface area contributed by atoms with Crippen molar-refractivity contribution < 1.29 is 19.1 Å². The van der Waals surface area contributed by atoms with Crippen LogP contribution in [0.15, 0.2) is 48.5 Å². The van der Waals surface area contributed by atoms with E-state index < -0.39 is 18.2 Å². The molecule has 1 fully saturated rings. The lowest BCUT2D eigenvalue weighted by molar-refractivity contribution is -0.145. The molecule has 1 unspecified atom stereocenters. The average Bonchev–Trinajstić information content (AvgIpc) is 3.21. The third kappa shape index (κ3) is 3.18. The van der Waals surface area contributed by atoms with Crippen molar-refractivity contribution in [1.82, 2.24) is 10.2 Å². The maximum Gasteiger partial charge on any atom is 0.340 e. The maximum absolute atomic E-state index is 12.7. The molecule has 138 valence electrons. The molecule has 0 aromatic heterocycles. The Hall–Kier alpha value is -3.15. The molecule has 2 amide bonds. The Morgan fingerprint density at radius 1 is 1.15 bits per heavy atom. The topological polar surface area (TPSA) is 75.7 Å². The van der Waals surface area contributed by atoms with Crippen molar-refractivity contribution in [1.29, 1.82) is 0 Å². The van der Waals surface area contributed by atoms with E-state index in [1.165, 1.54) is 4.90 Å². The second-order valence-corrected chi connectivity index (χ2v) is 6.90. The number of ether oxygens (including phenoxy) is 1. The van der Waals surface area contributed by atoms with Gasteiger partial charge in [0.15, 0.2) is 0 Å². The predicted octanol–water partition coefficient (Wildman–Crippen LogP) is 2.47. The zero-order valence-electron chi connectivity index (χ0n) is 15.0. The minimum atomic E-state index is -0.834. The fourth-order valence-corrected chi connectivity index (χ4v) is 3.60. The van der Waals surface area contributed by atoms with E-state index in [2.05, 4.69) is 5.32 Å². The molecule has 27 heavy (non-hydrogen) atoms. The maximum atomic E-state index is 12.7. The number of aryl methyl sites for hydroxylation is 1. The summed E-state index contributed by atoms with van der Waals surface area (Å²) in [7, 11) is 0. The van der Waals surface area contributed by atoms with Gasteiger partial charge in [0.1, 0.15) is 6.04 Å². The Kier molecular flexibility index (Phi) is 4.39. The molecule has 2 aromatic carbocycles. The molecular weight excluding hydrogens is 344 g/mol. The standard InChI is InChI=1S/C21H20N2O4/c1-13-6-8-14(9-7-13)12-22-19(25)17-10-11-18(24)23(17)20-15-4-2-3-5-16(15)21(26)27-20/h2-9,17,20H,10-12H2,1H3,(H,22,25)/t17-,20?/m0/s1. The van der Waals surface area contributed by atoms with Crippen molar-refractivity contribution in [3.63, 3.8) is 0 Å². The summed E-state index contributed by atoms with van der Waals surface area (Å²) in [5, 5.41) is 2.90. The van der Waals surface area contributed by atoms with Crippen LogP contribution in [0.4, 0.5) is 0 Å². The Morgan fingerprint density at radius 3 is 2.67 bits per heavy atom. The third-order valence-corrected chi connectivity index (χ3v) is 5.06. The van der Waals surface area contributed by atoms with Gasteiger partial charge in [-0.1, -0.05) is 48.0 Å². The summed E-state index contributed by atoms with van der Waals surface area (Å²) < 4.78 is 5.43. The van der Waals surface area contributed by atoms with Crippen molar-refractivity contribution in [2.75, 3.05) is 0 Å². The Morgan fingerprint density at radius 2 is 1.89 bits per heavy atom. The van der Waals surface area contributed by atoms with Crippen LogP contribution in [0.3, 0.4) is 0 Å². The number of nitrogens with one attached hydrogen (secondary N) is 1. The Bertz CT molecular complexity index is 907. The zero-order chi connectivity index (χ0) is 19.0. The van der Waals surface area contributed by atoms with E-state index in [4.69, 9.17) is 4.74 Å². The number of carbonyl (C=O) groups excluding carboxylic acids is 3. The predicted molar refractivity (Wildman–Crippen MR) is 97.5 cm³/mol. The second-order valence-electron chi connectivity index (χ2n) is 6.90. The molecule has 2 aliphatic rings. The number of benzene rings is 2. The summed E-state index contributed by atoms with van der Waals surface area (Å²) in [6, 6.07) is 14.2. The minimum Gasteiger partial charge on any atom is -0.433 e. The summed E-state index contributed by atoms with van der Waals surface area (Å²) in [6.45, 7) is 2.39. The smallest absolute Gasteiger partial charge is 0.340 e. The first-order valence-electron chi connectivity index (χ1n) is 8.99. The first-order valence-corrected chi connectivity index (χ1v) is 8.99. The van der Waals surface area contributed by atoms with Crippen LogP contribution in [0, 0.1) is 6.92 Å². The molecule has 2 aliphatic heterocycles. The summed E-state index contributed by atoms with van der Waals surface area (Å²) in [4.78, 5) is 38.7. The number of hydrogen-bond donors (Lipinski definition) is 1. The molecule has 6 heteroatoms. The molecule has 1 saturated heterocycles. The van der Waals surface area contributed by atoms with Crippen LogP contribution in [0.25, 0.3) is 0 Å². The molecule has 0 radical (unpaired) electrons. The summed E-state index contributed by atoms with van der Waals surface area (Å²) in [5.74, 6) is -0.879. The highest BCUT2D eigenvalue weighted by Crippen LogP contribution is 2.38. The van der Waals surface area contributed by atoms with E-state index in [0.29, 0.717) is 24.1 Å². The van der Waals surface area contributed by atoms with E-state index >= 15 is 0 Å². The molecule has 0 bridgehead atoms. The highest BCUT2D eigenvalue weighted by molar-refractivity contribution is 5.96. The van der Waals surface area contributed by atoms with Gasteiger partial charge in [-0.2, -0.15) is 0 Å². The van der Waals surface area contributed by atoms with Gasteiger partial charge < -0.3 is 10.1 Å². The first-order chi connectivity index (χ1) is 13.0. The van der Waals surface area contributed by atoms with Gasteiger partial charge >= 0.3 is 5.97 Å². The van der Waals surface area contributed by atoms with Gasteiger partial charge in [-0.25, -0.2) is 4.79 Å². The lowest BCUT2D eigenvalue weighted by Crippen LogP contribution is -2.46. The van der Waals surface area contributed by atoms with Gasteiger partial charge in [0.25, 0.3) is 0 Å². The van der Waals surface area contributed by atoms with E-state index in [-0.39, 0.29) is 18.2 Å². The van der Waals surface area contributed by atoms with Gasteiger partial charge in [-0.05, 0) is 25.0 Å². The molecule has 2 atom stereocenters. The summed E-state index contributed by atoms with van der Waals surface area (Å²) in [6.07, 6.45) is -0.160. The zero-order valence-corrected chi connectivity index (χ0v) is 15.0. The lowest BCUT2D eigenvalue weighted by atomic mass is 10.1. The molecule has 2 heterocycles. The number of hydrogen-bond acceptors (Lipinski definition) is 4. The van der Waals surface area contributed by atoms with Gasteiger partial charge in [0, 0.05) is 18.5 Å². The van der Waals surface area contributed by atoms with Crippen LogP contribution in [-0.4, -0.2) is 28.7 Å². The number of fused-ring (bicyclic) bond motifs is 1. The lowest BCUT2D eigenvalue weighted by Gasteiger charge is -2.29. The monoisotopic (exact) mass is 364 g/mol. The molecule has 6 nitrogen and oxygen atoms in total. The Balaban J connectivity index is 1.51. The number of nitrogens with zero attached hydrogens (tertiary/aromatic N) is 1. The van der Waals surface area contributed by atoms with Crippen molar-refractivity contribution in [3.05, 3.63) is 70.8 Å². The molecule has 0 aliphatic carbocycles. The number of rotatable bonds is 4. The van der Waals surface area contributed by atoms with Crippen LogP contribution in [-0.2, 0) is 20.9 Å². The number of esters is 1. The molecular formula is C21H20N2O4. The average molecular weight is 364 g/mol. The number of amides is 2. The van der Waals surface area contributed by atoms with E-state index in [1.807, 2.05) is 31.2 Å². The number of likely N-dealkylation sites (tertiary alicyclic amines) is 1. The van der Waals surface area contributed by atoms with Crippen LogP contribution in [0.5, 0.6) is 0 Å². The minimum absolute atomic E-state index is 0.181. The number of carbonyl (C=O) groups is 3. The van der Waals surface area contributed by atoms with Crippen LogP contribution in [0.2, 0.25) is 0 Å². The van der Waals surface area contributed by atoms with Crippen LogP contribution in [0.1, 0.15) is 46.1 Å². The molecule has 1 N–H and O–H groups in total. The van der Waals surface area contributed by atoms with Crippen LogP contribution >= 0.6 is 0 Å². The van der Waals surface area contributed by atoms with Gasteiger partial charge in [-0.3, -0.25) is 14.5 Å². The highest BCUT2D eigenvalue weighted by Gasteiger charge is 2.46. The normalized spacial score (nSPS) is 21.1. The van der Waals surface area contributed by atoms with Gasteiger partial charge in [0.2, 0.25) is 18.0 Å². The Labute approximate surface area is 157 Å². The van der Waals surface area contributed by atoms with Crippen molar-refractivity contribution >= 4 is 17.8 Å². The van der Waals surface area contributed by atoms with Gasteiger partial charge in [0.05, 0.1) is 5.56 Å². The molecule has 4 rings (SSSR count). The molecule has 0 spiro atoms. The highest BCUT2D eigenvalue weighted by atomic mass is 16.6. The largest absolute Gasteiger partial charge is 0.433 e. The van der Waals surface area contributed by atoms with E-state index in [0.717, 1.165) is 11.1 Å². The third-order valence-electron chi connectivity index (χ3n) is 5.06. The summed E-state index contributed by atoms with van der Waals surface area (Å²) in [5.41, 5.74) is 3.22.